The lowest BCUT2D eigenvalue weighted by molar-refractivity contribution is 0.187. The largest absolute Gasteiger partial charge is 0.396 e. The SMILES string of the molecule is CC(CCCO)NC(=O)N1CCc2[nH]c3ccc(Cl)cc3c2C1. The van der Waals surface area contributed by atoms with E-state index in [1.165, 1.54) is 5.69 Å². The van der Waals surface area contributed by atoms with Gasteiger partial charge >= 0.3 is 6.03 Å². The summed E-state index contributed by atoms with van der Waals surface area (Å²) in [5, 5.41) is 13.7. The molecule has 0 radical (unpaired) electrons. The van der Waals surface area contributed by atoms with Crippen LogP contribution in [0, 0.1) is 0 Å². The maximum atomic E-state index is 12.4. The fourth-order valence-corrected chi connectivity index (χ4v) is 3.30. The minimum absolute atomic E-state index is 0.0440. The number of rotatable bonds is 4. The summed E-state index contributed by atoms with van der Waals surface area (Å²) in [4.78, 5) is 17.7. The van der Waals surface area contributed by atoms with Gasteiger partial charge in [-0.3, -0.25) is 0 Å². The number of aromatic amines is 1. The van der Waals surface area contributed by atoms with Crippen molar-refractivity contribution in [3.05, 3.63) is 34.5 Å². The van der Waals surface area contributed by atoms with Gasteiger partial charge in [-0.05, 0) is 38.0 Å². The molecule has 0 saturated heterocycles. The van der Waals surface area contributed by atoms with Crippen LogP contribution >= 0.6 is 11.6 Å². The molecule has 1 aromatic heterocycles. The van der Waals surface area contributed by atoms with Crippen molar-refractivity contribution in [3.8, 4) is 0 Å². The summed E-state index contributed by atoms with van der Waals surface area (Å²) in [7, 11) is 0. The molecule has 0 aliphatic carbocycles. The number of halogens is 1. The third kappa shape index (κ3) is 3.46. The van der Waals surface area contributed by atoms with Crippen molar-refractivity contribution in [1.82, 2.24) is 15.2 Å². The number of urea groups is 1. The Morgan fingerprint density at radius 3 is 3.13 bits per heavy atom. The van der Waals surface area contributed by atoms with Crippen molar-refractivity contribution in [2.45, 2.75) is 38.8 Å². The fraction of sp³-hybridized carbons (Fsp3) is 0.471. The number of aliphatic hydroxyl groups is 1. The van der Waals surface area contributed by atoms with E-state index in [1.54, 1.807) is 0 Å². The van der Waals surface area contributed by atoms with Gasteiger partial charge in [-0.2, -0.15) is 0 Å². The van der Waals surface area contributed by atoms with Crippen molar-refractivity contribution in [3.63, 3.8) is 0 Å². The summed E-state index contributed by atoms with van der Waals surface area (Å²) < 4.78 is 0. The lowest BCUT2D eigenvalue weighted by atomic mass is 10.0. The molecular formula is C17H22ClN3O2. The highest BCUT2D eigenvalue weighted by atomic mass is 35.5. The highest BCUT2D eigenvalue weighted by Gasteiger charge is 2.24. The highest BCUT2D eigenvalue weighted by Crippen LogP contribution is 2.29. The first-order chi connectivity index (χ1) is 11.1. The van der Waals surface area contributed by atoms with E-state index in [1.807, 2.05) is 30.0 Å². The second-order valence-electron chi connectivity index (χ2n) is 6.16. The number of carbonyl (C=O) groups is 1. The third-order valence-corrected chi connectivity index (χ3v) is 4.62. The summed E-state index contributed by atoms with van der Waals surface area (Å²) in [6, 6.07) is 5.83. The van der Waals surface area contributed by atoms with Crippen LogP contribution in [0.1, 0.15) is 31.0 Å². The standard InChI is InChI=1S/C17H22ClN3O2/c1-11(3-2-8-22)19-17(23)21-7-6-16-14(10-21)13-9-12(18)4-5-15(13)20-16/h4-5,9,11,20,22H,2-3,6-8,10H2,1H3,(H,19,23). The van der Waals surface area contributed by atoms with E-state index in [-0.39, 0.29) is 18.7 Å². The van der Waals surface area contributed by atoms with E-state index < -0.39 is 0 Å². The van der Waals surface area contributed by atoms with Crippen molar-refractivity contribution >= 4 is 28.5 Å². The molecule has 124 valence electrons. The maximum absolute atomic E-state index is 12.4. The minimum atomic E-state index is -0.0440. The zero-order chi connectivity index (χ0) is 16.4. The Bertz CT molecular complexity index is 713. The molecule has 23 heavy (non-hydrogen) atoms. The van der Waals surface area contributed by atoms with E-state index >= 15 is 0 Å². The molecule has 2 aromatic rings. The fourth-order valence-electron chi connectivity index (χ4n) is 3.13. The Kier molecular flexibility index (Phi) is 4.78. The first-order valence-corrected chi connectivity index (χ1v) is 8.41. The van der Waals surface area contributed by atoms with Gasteiger partial charge in [0.2, 0.25) is 0 Å². The topological polar surface area (TPSA) is 68.4 Å². The van der Waals surface area contributed by atoms with Gasteiger partial charge in [0.05, 0.1) is 0 Å². The second-order valence-corrected chi connectivity index (χ2v) is 6.60. The predicted molar refractivity (Wildman–Crippen MR) is 91.7 cm³/mol. The molecular weight excluding hydrogens is 314 g/mol. The average molecular weight is 336 g/mol. The number of benzene rings is 1. The number of nitrogens with one attached hydrogen (secondary N) is 2. The molecule has 1 atom stereocenters. The zero-order valence-corrected chi connectivity index (χ0v) is 14.0. The van der Waals surface area contributed by atoms with Crippen molar-refractivity contribution in [2.24, 2.45) is 0 Å². The van der Waals surface area contributed by atoms with Gasteiger partial charge in [0.15, 0.2) is 0 Å². The normalized spacial score (nSPS) is 15.5. The van der Waals surface area contributed by atoms with Crippen molar-refractivity contribution in [2.75, 3.05) is 13.2 Å². The average Bonchev–Trinajstić information content (AvgIpc) is 2.90. The van der Waals surface area contributed by atoms with Crippen LogP contribution in [0.2, 0.25) is 5.02 Å². The number of carbonyl (C=O) groups excluding carboxylic acids is 1. The Morgan fingerprint density at radius 1 is 1.52 bits per heavy atom. The Balaban J connectivity index is 1.73. The summed E-state index contributed by atoms with van der Waals surface area (Å²) in [5.41, 5.74) is 3.42. The van der Waals surface area contributed by atoms with Crippen LogP contribution in [-0.2, 0) is 13.0 Å². The molecule has 1 aromatic carbocycles. The van der Waals surface area contributed by atoms with Gasteiger partial charge in [0.1, 0.15) is 0 Å². The van der Waals surface area contributed by atoms with Gasteiger partial charge in [0, 0.05) is 59.3 Å². The van der Waals surface area contributed by atoms with Crippen LogP contribution in [0.15, 0.2) is 18.2 Å². The molecule has 3 rings (SSSR count). The molecule has 3 N–H and O–H groups in total. The number of amides is 2. The lowest BCUT2D eigenvalue weighted by Gasteiger charge is -2.29. The minimum Gasteiger partial charge on any atom is -0.396 e. The number of aliphatic hydroxyl groups excluding tert-OH is 1. The van der Waals surface area contributed by atoms with Crippen LogP contribution in [0.25, 0.3) is 10.9 Å². The second kappa shape index (κ2) is 6.81. The molecule has 0 spiro atoms. The van der Waals surface area contributed by atoms with Gasteiger partial charge in [-0.15, -0.1) is 0 Å². The Morgan fingerprint density at radius 2 is 2.35 bits per heavy atom. The molecule has 5 nitrogen and oxygen atoms in total. The van der Waals surface area contributed by atoms with E-state index in [2.05, 4.69) is 10.3 Å². The van der Waals surface area contributed by atoms with E-state index in [4.69, 9.17) is 16.7 Å². The number of hydrogen-bond donors (Lipinski definition) is 3. The molecule has 0 bridgehead atoms. The molecule has 6 heteroatoms. The van der Waals surface area contributed by atoms with Crippen LogP contribution in [0.5, 0.6) is 0 Å². The smallest absolute Gasteiger partial charge is 0.317 e. The summed E-state index contributed by atoms with van der Waals surface area (Å²) in [6.45, 7) is 3.41. The molecule has 1 aliphatic heterocycles. The Hall–Kier alpha value is -1.72. The number of nitrogens with zero attached hydrogens (tertiary/aromatic N) is 1. The van der Waals surface area contributed by atoms with Crippen molar-refractivity contribution < 1.29 is 9.90 Å². The third-order valence-electron chi connectivity index (χ3n) is 4.39. The highest BCUT2D eigenvalue weighted by molar-refractivity contribution is 6.31. The van der Waals surface area contributed by atoms with Crippen LogP contribution < -0.4 is 5.32 Å². The van der Waals surface area contributed by atoms with E-state index in [0.717, 1.165) is 29.3 Å². The number of fused-ring (bicyclic) bond motifs is 3. The zero-order valence-electron chi connectivity index (χ0n) is 13.2. The molecule has 0 saturated carbocycles. The molecule has 1 unspecified atom stereocenters. The molecule has 2 heterocycles. The summed E-state index contributed by atoms with van der Waals surface area (Å²) in [5.74, 6) is 0. The molecule has 2 amide bonds. The number of hydrogen-bond acceptors (Lipinski definition) is 2. The van der Waals surface area contributed by atoms with Gasteiger partial charge in [0.25, 0.3) is 0 Å². The van der Waals surface area contributed by atoms with Gasteiger partial charge in [-0.1, -0.05) is 11.6 Å². The first-order valence-electron chi connectivity index (χ1n) is 8.03. The number of H-pyrrole nitrogens is 1. The molecule has 0 fully saturated rings. The monoisotopic (exact) mass is 335 g/mol. The lowest BCUT2D eigenvalue weighted by Crippen LogP contribution is -2.45. The van der Waals surface area contributed by atoms with E-state index in [0.29, 0.717) is 24.5 Å². The summed E-state index contributed by atoms with van der Waals surface area (Å²) >= 11 is 6.11. The molecule has 1 aliphatic rings. The van der Waals surface area contributed by atoms with Crippen LogP contribution in [0.3, 0.4) is 0 Å². The van der Waals surface area contributed by atoms with Gasteiger partial charge in [-0.25, -0.2) is 4.79 Å². The van der Waals surface area contributed by atoms with E-state index in [9.17, 15) is 4.79 Å². The summed E-state index contributed by atoms with van der Waals surface area (Å²) in [6.07, 6.45) is 2.30. The number of aromatic nitrogens is 1. The van der Waals surface area contributed by atoms with Crippen molar-refractivity contribution in [1.29, 1.82) is 0 Å². The van der Waals surface area contributed by atoms with Crippen LogP contribution in [-0.4, -0.2) is 40.2 Å². The first kappa shape index (κ1) is 16.1. The quantitative estimate of drug-likeness (QED) is 0.803. The Labute approximate surface area is 140 Å². The van der Waals surface area contributed by atoms with Gasteiger partial charge < -0.3 is 20.3 Å². The van der Waals surface area contributed by atoms with Crippen LogP contribution in [0.4, 0.5) is 4.79 Å². The maximum Gasteiger partial charge on any atom is 0.317 e. The predicted octanol–water partition coefficient (Wildman–Crippen LogP) is 3.05.